The molecule has 20 heavy (non-hydrogen) atoms. The summed E-state index contributed by atoms with van der Waals surface area (Å²) in [5.41, 5.74) is 0. The molecule has 1 N–H and O–H groups in total. The average molecular weight is 297 g/mol. The van der Waals surface area contributed by atoms with Gasteiger partial charge in [-0.25, -0.2) is 4.79 Å². The van der Waals surface area contributed by atoms with Crippen LogP contribution in [0.2, 0.25) is 0 Å². The van der Waals surface area contributed by atoms with E-state index in [1.165, 1.54) is 11.3 Å². The highest BCUT2D eigenvalue weighted by Gasteiger charge is 2.31. The first-order chi connectivity index (χ1) is 9.56. The molecule has 110 valence electrons. The lowest BCUT2D eigenvalue weighted by Gasteiger charge is -2.20. The molecule has 6 heteroatoms. The summed E-state index contributed by atoms with van der Waals surface area (Å²) >= 11 is 1.20. The van der Waals surface area contributed by atoms with Crippen LogP contribution in [0.4, 0.5) is 0 Å². The van der Waals surface area contributed by atoms with Crippen LogP contribution in [0.1, 0.15) is 41.2 Å². The van der Waals surface area contributed by atoms with Gasteiger partial charge < -0.3 is 14.7 Å². The van der Waals surface area contributed by atoms with E-state index in [-0.39, 0.29) is 17.4 Å². The van der Waals surface area contributed by atoms with Gasteiger partial charge in [0.25, 0.3) is 5.91 Å². The van der Waals surface area contributed by atoms with Gasteiger partial charge in [-0.3, -0.25) is 4.79 Å². The lowest BCUT2D eigenvalue weighted by molar-refractivity contribution is -0.133. The predicted octanol–water partition coefficient (Wildman–Crippen LogP) is 2.40. The largest absolute Gasteiger partial charge is 0.482 e. The topological polar surface area (TPSA) is 66.8 Å². The van der Waals surface area contributed by atoms with Crippen LogP contribution < -0.4 is 4.74 Å². The highest BCUT2D eigenvalue weighted by atomic mass is 32.1. The maximum atomic E-state index is 12.0. The Bertz CT molecular complexity index is 507. The second kappa shape index (κ2) is 6.26. The molecule has 0 bridgehead atoms. The second-order valence-corrected chi connectivity index (χ2v) is 5.90. The van der Waals surface area contributed by atoms with Crippen molar-refractivity contribution in [2.24, 2.45) is 0 Å². The molecular formula is C14H19NO4S. The number of amides is 1. The number of carboxylic acid groups (broad SMARTS) is 1. The highest BCUT2D eigenvalue weighted by Crippen LogP contribution is 2.30. The molecule has 1 heterocycles. The number of ether oxygens (including phenoxy) is 1. The molecule has 1 aliphatic rings. The van der Waals surface area contributed by atoms with Gasteiger partial charge >= 0.3 is 5.97 Å². The number of aryl methyl sites for hydroxylation is 1. The van der Waals surface area contributed by atoms with Crippen molar-refractivity contribution < 1.29 is 19.4 Å². The summed E-state index contributed by atoms with van der Waals surface area (Å²) in [5.74, 6) is -0.776. The molecule has 0 radical (unpaired) electrons. The smallest absolute Gasteiger partial charge is 0.349 e. The van der Waals surface area contributed by atoms with E-state index in [4.69, 9.17) is 9.84 Å². The van der Waals surface area contributed by atoms with E-state index in [0.717, 1.165) is 24.1 Å². The first kappa shape index (κ1) is 14.8. The number of hydrogen-bond acceptors (Lipinski definition) is 4. The summed E-state index contributed by atoms with van der Waals surface area (Å²) in [6, 6.07) is 2.07. The molecule has 1 aliphatic carbocycles. The van der Waals surface area contributed by atoms with Crippen LogP contribution in [0.5, 0.6) is 5.75 Å². The number of nitrogens with zero attached hydrogens (tertiary/aromatic N) is 1. The van der Waals surface area contributed by atoms with Crippen molar-refractivity contribution in [1.29, 1.82) is 0 Å². The Hall–Kier alpha value is -1.56. The molecule has 2 rings (SSSR count). The minimum absolute atomic E-state index is 0.0735. The predicted molar refractivity (Wildman–Crippen MR) is 76.6 cm³/mol. The third-order valence-corrected chi connectivity index (χ3v) is 4.54. The van der Waals surface area contributed by atoms with Gasteiger partial charge in [-0.2, -0.15) is 0 Å². The van der Waals surface area contributed by atoms with E-state index < -0.39 is 5.97 Å². The Morgan fingerprint density at radius 3 is 2.65 bits per heavy atom. The summed E-state index contributed by atoms with van der Waals surface area (Å²) in [6.45, 7) is 4.48. The van der Waals surface area contributed by atoms with Crippen LogP contribution in [-0.4, -0.2) is 41.1 Å². The van der Waals surface area contributed by atoms with Gasteiger partial charge in [-0.05, 0) is 32.3 Å². The van der Waals surface area contributed by atoms with Crippen molar-refractivity contribution in [3.05, 3.63) is 15.8 Å². The van der Waals surface area contributed by atoms with E-state index in [0.29, 0.717) is 18.3 Å². The van der Waals surface area contributed by atoms with E-state index in [2.05, 4.69) is 0 Å². The Morgan fingerprint density at radius 1 is 1.45 bits per heavy atom. The monoisotopic (exact) mass is 297 g/mol. The average Bonchev–Trinajstić information content (AvgIpc) is 3.16. The minimum Gasteiger partial charge on any atom is -0.482 e. The van der Waals surface area contributed by atoms with Gasteiger partial charge in [-0.15, -0.1) is 11.3 Å². The number of carbonyl (C=O) groups is 2. The Balaban J connectivity index is 2.00. The summed E-state index contributed by atoms with van der Waals surface area (Å²) in [4.78, 5) is 26.1. The quantitative estimate of drug-likeness (QED) is 0.839. The number of likely N-dealkylation sites (N-methyl/N-ethyl adjacent to an activating group) is 1. The molecule has 0 atom stereocenters. The molecule has 0 unspecified atom stereocenters. The third kappa shape index (κ3) is 3.30. The van der Waals surface area contributed by atoms with Crippen molar-refractivity contribution in [2.75, 3.05) is 13.2 Å². The lowest BCUT2D eigenvalue weighted by Crippen LogP contribution is -2.36. The molecule has 0 saturated heterocycles. The molecule has 0 aliphatic heterocycles. The summed E-state index contributed by atoms with van der Waals surface area (Å²) in [5, 5.41) is 9.13. The van der Waals surface area contributed by atoms with Gasteiger partial charge in [0.1, 0.15) is 5.75 Å². The Kier molecular flexibility index (Phi) is 4.65. The number of aromatic carboxylic acids is 1. The Morgan fingerprint density at radius 2 is 2.15 bits per heavy atom. The van der Waals surface area contributed by atoms with Crippen LogP contribution >= 0.6 is 11.3 Å². The van der Waals surface area contributed by atoms with E-state index in [1.807, 2.05) is 13.8 Å². The van der Waals surface area contributed by atoms with Gasteiger partial charge in [0.2, 0.25) is 0 Å². The zero-order chi connectivity index (χ0) is 14.7. The molecule has 1 fully saturated rings. The molecule has 5 nitrogen and oxygen atoms in total. The van der Waals surface area contributed by atoms with Crippen LogP contribution in [0, 0.1) is 0 Å². The molecular weight excluding hydrogens is 278 g/mol. The van der Waals surface area contributed by atoms with Crippen molar-refractivity contribution in [2.45, 2.75) is 39.2 Å². The third-order valence-electron chi connectivity index (χ3n) is 3.29. The van der Waals surface area contributed by atoms with E-state index >= 15 is 0 Å². The normalized spacial score (nSPS) is 14.1. The Labute approximate surface area is 122 Å². The molecule has 1 saturated carbocycles. The number of carbonyl (C=O) groups excluding carboxylic acids is 1. The van der Waals surface area contributed by atoms with Crippen LogP contribution in [0.15, 0.2) is 6.07 Å². The maximum Gasteiger partial charge on any atom is 0.349 e. The van der Waals surface area contributed by atoms with Gasteiger partial charge in [-0.1, -0.05) is 6.92 Å². The second-order valence-electron chi connectivity index (χ2n) is 4.76. The SMILES string of the molecule is CCc1cc(OCC(=O)N(CC)C2CC2)c(C(=O)O)s1. The molecule has 1 aromatic heterocycles. The molecule has 1 aromatic rings. The zero-order valence-electron chi connectivity index (χ0n) is 11.7. The number of rotatable bonds is 7. The molecule has 0 aromatic carbocycles. The van der Waals surface area contributed by atoms with Gasteiger partial charge in [0, 0.05) is 17.5 Å². The fourth-order valence-corrected chi connectivity index (χ4v) is 2.98. The van der Waals surface area contributed by atoms with Crippen LogP contribution in [-0.2, 0) is 11.2 Å². The van der Waals surface area contributed by atoms with E-state index in [1.54, 1.807) is 11.0 Å². The minimum atomic E-state index is -1.01. The summed E-state index contributed by atoms with van der Waals surface area (Å²) < 4.78 is 5.44. The lowest BCUT2D eigenvalue weighted by atomic mass is 10.3. The van der Waals surface area contributed by atoms with Gasteiger partial charge in [0.15, 0.2) is 11.5 Å². The maximum absolute atomic E-state index is 12.0. The van der Waals surface area contributed by atoms with E-state index in [9.17, 15) is 9.59 Å². The van der Waals surface area contributed by atoms with Crippen LogP contribution in [0.25, 0.3) is 0 Å². The van der Waals surface area contributed by atoms with Crippen molar-refractivity contribution in [1.82, 2.24) is 4.90 Å². The van der Waals surface area contributed by atoms with Crippen molar-refractivity contribution in [3.63, 3.8) is 0 Å². The summed E-state index contributed by atoms with van der Waals surface area (Å²) in [6.07, 6.45) is 2.86. The first-order valence-corrected chi connectivity index (χ1v) is 7.66. The first-order valence-electron chi connectivity index (χ1n) is 6.85. The number of hydrogen-bond donors (Lipinski definition) is 1. The highest BCUT2D eigenvalue weighted by molar-refractivity contribution is 7.14. The molecule has 1 amide bonds. The fourth-order valence-electron chi connectivity index (χ4n) is 2.10. The summed E-state index contributed by atoms with van der Waals surface area (Å²) in [7, 11) is 0. The standard InChI is InChI=1S/C14H19NO4S/c1-3-10-7-11(13(20-10)14(17)18)19-8-12(16)15(4-2)9-5-6-9/h7,9H,3-6,8H2,1-2H3,(H,17,18). The van der Waals surface area contributed by atoms with Gasteiger partial charge in [0.05, 0.1) is 0 Å². The van der Waals surface area contributed by atoms with Crippen LogP contribution in [0.3, 0.4) is 0 Å². The zero-order valence-corrected chi connectivity index (χ0v) is 12.5. The number of carboxylic acids is 1. The molecule has 0 spiro atoms. The fraction of sp³-hybridized carbons (Fsp3) is 0.571. The van der Waals surface area contributed by atoms with Crippen molar-refractivity contribution >= 4 is 23.2 Å². The number of thiophene rings is 1. The van der Waals surface area contributed by atoms with Crippen molar-refractivity contribution in [3.8, 4) is 5.75 Å².